The number of halogens is 1. The number of carbonyl (C=O) groups is 1. The highest BCUT2D eigenvalue weighted by Gasteiger charge is 2.04. The van der Waals surface area contributed by atoms with Crippen molar-refractivity contribution < 1.29 is 14.3 Å². The predicted octanol–water partition coefficient (Wildman–Crippen LogP) is 4.34. The van der Waals surface area contributed by atoms with Crippen LogP contribution in [0, 0.1) is 13.8 Å². The number of carbonyl (C=O) groups excluding carboxylic acids is 1. The lowest BCUT2D eigenvalue weighted by Gasteiger charge is -2.12. The van der Waals surface area contributed by atoms with Gasteiger partial charge in [-0.25, -0.2) is 0 Å². The Kier molecular flexibility index (Phi) is 5.39. The number of aryl methyl sites for hydroxylation is 2. The summed E-state index contributed by atoms with van der Waals surface area (Å²) < 4.78 is 12.1. The molecule has 0 atom stereocenters. The Labute approximate surface area is 133 Å². The van der Waals surface area contributed by atoms with Crippen LogP contribution in [0.4, 0.5) is 0 Å². The second-order valence-corrected chi connectivity index (χ2v) is 5.68. The van der Waals surface area contributed by atoms with E-state index in [1.807, 2.05) is 32.0 Å². The van der Waals surface area contributed by atoms with Crippen LogP contribution >= 0.6 is 15.9 Å². The van der Waals surface area contributed by atoms with Crippen molar-refractivity contribution in [1.82, 2.24) is 0 Å². The van der Waals surface area contributed by atoms with Gasteiger partial charge < -0.3 is 9.47 Å². The molecular formula is C17H17BrO3. The number of benzene rings is 2. The van der Waals surface area contributed by atoms with Crippen LogP contribution in [0.2, 0.25) is 0 Å². The molecule has 0 radical (unpaired) electrons. The lowest BCUT2D eigenvalue weighted by molar-refractivity contribution is 0.111. The summed E-state index contributed by atoms with van der Waals surface area (Å²) in [4.78, 5) is 11.0. The number of aldehydes is 1. The van der Waals surface area contributed by atoms with Crippen LogP contribution < -0.4 is 9.47 Å². The fourth-order valence-corrected chi connectivity index (χ4v) is 2.39. The van der Waals surface area contributed by atoms with Crippen molar-refractivity contribution in [3.63, 3.8) is 0 Å². The first-order chi connectivity index (χ1) is 10.1. The van der Waals surface area contributed by atoms with Gasteiger partial charge >= 0.3 is 0 Å². The molecular weight excluding hydrogens is 332 g/mol. The van der Waals surface area contributed by atoms with E-state index in [-0.39, 0.29) is 0 Å². The monoisotopic (exact) mass is 348 g/mol. The Morgan fingerprint density at radius 3 is 2.33 bits per heavy atom. The van der Waals surface area contributed by atoms with Gasteiger partial charge in [0.05, 0.1) is 5.56 Å². The van der Waals surface area contributed by atoms with E-state index >= 15 is 0 Å². The quantitative estimate of drug-likeness (QED) is 0.575. The van der Waals surface area contributed by atoms with Crippen LogP contribution in [-0.2, 0) is 0 Å². The molecule has 0 N–H and O–H groups in total. The lowest BCUT2D eigenvalue weighted by atomic mass is 10.1. The summed E-state index contributed by atoms with van der Waals surface area (Å²) >= 11 is 3.32. The molecule has 2 aromatic rings. The molecule has 0 aliphatic rings. The fourth-order valence-electron chi connectivity index (χ4n) is 2.01. The minimum absolute atomic E-state index is 0.385. The predicted molar refractivity (Wildman–Crippen MR) is 86.4 cm³/mol. The van der Waals surface area contributed by atoms with Crippen LogP contribution in [0.1, 0.15) is 21.5 Å². The molecule has 21 heavy (non-hydrogen) atoms. The van der Waals surface area contributed by atoms with Gasteiger partial charge in [-0.15, -0.1) is 0 Å². The second kappa shape index (κ2) is 7.27. The average molecular weight is 349 g/mol. The highest BCUT2D eigenvalue weighted by atomic mass is 79.9. The smallest absolute Gasteiger partial charge is 0.153 e. The zero-order valence-corrected chi connectivity index (χ0v) is 13.6. The van der Waals surface area contributed by atoms with E-state index in [4.69, 9.17) is 9.47 Å². The molecule has 0 saturated heterocycles. The summed E-state index contributed by atoms with van der Waals surface area (Å²) in [5.41, 5.74) is 2.84. The fraction of sp³-hybridized carbons (Fsp3) is 0.235. The van der Waals surface area contributed by atoms with E-state index in [0.29, 0.717) is 24.5 Å². The molecule has 0 amide bonds. The van der Waals surface area contributed by atoms with E-state index in [2.05, 4.69) is 22.0 Å². The van der Waals surface area contributed by atoms with Crippen molar-refractivity contribution in [3.8, 4) is 11.5 Å². The van der Waals surface area contributed by atoms with Gasteiger partial charge in [-0.2, -0.15) is 0 Å². The third-order valence-corrected chi connectivity index (χ3v) is 3.52. The second-order valence-electron chi connectivity index (χ2n) is 4.77. The summed E-state index contributed by atoms with van der Waals surface area (Å²) in [6, 6.07) is 11.4. The van der Waals surface area contributed by atoms with Crippen LogP contribution in [0.3, 0.4) is 0 Å². The molecule has 3 nitrogen and oxygen atoms in total. The summed E-state index contributed by atoms with van der Waals surface area (Å²) in [6.45, 7) is 4.88. The third-order valence-electron chi connectivity index (χ3n) is 3.03. The number of hydrogen-bond acceptors (Lipinski definition) is 3. The van der Waals surface area contributed by atoms with Crippen LogP contribution in [-0.4, -0.2) is 19.5 Å². The summed E-state index contributed by atoms with van der Waals surface area (Å²) in [5.74, 6) is 1.42. The van der Waals surface area contributed by atoms with Gasteiger partial charge in [0.15, 0.2) is 6.29 Å². The van der Waals surface area contributed by atoms with Crippen LogP contribution in [0.15, 0.2) is 40.9 Å². The van der Waals surface area contributed by atoms with Crippen LogP contribution in [0.5, 0.6) is 11.5 Å². The largest absolute Gasteiger partial charge is 0.490 e. The van der Waals surface area contributed by atoms with Crippen molar-refractivity contribution in [2.75, 3.05) is 13.2 Å². The molecule has 0 saturated carbocycles. The maximum atomic E-state index is 11.0. The van der Waals surface area contributed by atoms with E-state index in [0.717, 1.165) is 22.1 Å². The molecule has 0 aromatic heterocycles. The van der Waals surface area contributed by atoms with Gasteiger partial charge in [-0.05, 0) is 43.7 Å². The minimum Gasteiger partial charge on any atom is -0.490 e. The molecule has 0 fully saturated rings. The van der Waals surface area contributed by atoms with Gasteiger partial charge in [0.1, 0.15) is 24.7 Å². The van der Waals surface area contributed by atoms with Crippen molar-refractivity contribution in [3.05, 3.63) is 57.6 Å². The molecule has 110 valence electrons. The first-order valence-electron chi connectivity index (χ1n) is 6.68. The highest BCUT2D eigenvalue weighted by Crippen LogP contribution is 2.22. The Balaban J connectivity index is 1.89. The van der Waals surface area contributed by atoms with Gasteiger partial charge in [0, 0.05) is 4.47 Å². The Bertz CT molecular complexity index is 638. The number of rotatable bonds is 6. The molecule has 2 rings (SSSR count). The van der Waals surface area contributed by atoms with Crippen molar-refractivity contribution in [2.45, 2.75) is 13.8 Å². The van der Waals surface area contributed by atoms with E-state index in [1.54, 1.807) is 12.1 Å². The zero-order chi connectivity index (χ0) is 15.2. The van der Waals surface area contributed by atoms with E-state index in [9.17, 15) is 4.79 Å². The maximum absolute atomic E-state index is 11.0. The Morgan fingerprint density at radius 2 is 1.67 bits per heavy atom. The van der Waals surface area contributed by atoms with Gasteiger partial charge in [-0.1, -0.05) is 33.6 Å². The SMILES string of the molecule is Cc1ccc(OCCOc2ccc(Br)cc2C=O)c(C)c1. The normalized spacial score (nSPS) is 10.2. The first-order valence-corrected chi connectivity index (χ1v) is 7.47. The molecule has 0 bridgehead atoms. The van der Waals surface area contributed by atoms with E-state index < -0.39 is 0 Å². The number of hydrogen-bond donors (Lipinski definition) is 0. The van der Waals surface area contributed by atoms with Gasteiger partial charge in [0.2, 0.25) is 0 Å². The first kappa shape index (κ1) is 15.6. The molecule has 2 aromatic carbocycles. The number of ether oxygens (including phenoxy) is 2. The van der Waals surface area contributed by atoms with E-state index in [1.165, 1.54) is 5.56 Å². The Hall–Kier alpha value is -1.81. The molecule has 0 spiro atoms. The lowest BCUT2D eigenvalue weighted by Crippen LogP contribution is -2.10. The van der Waals surface area contributed by atoms with Crippen molar-refractivity contribution in [1.29, 1.82) is 0 Å². The zero-order valence-electron chi connectivity index (χ0n) is 12.1. The highest BCUT2D eigenvalue weighted by molar-refractivity contribution is 9.10. The summed E-state index contributed by atoms with van der Waals surface area (Å²) in [7, 11) is 0. The summed E-state index contributed by atoms with van der Waals surface area (Å²) in [6.07, 6.45) is 0.783. The minimum atomic E-state index is 0.385. The van der Waals surface area contributed by atoms with Gasteiger partial charge in [0.25, 0.3) is 0 Å². The standard InChI is InChI=1S/C17H17BrO3/c1-12-3-5-16(13(2)9-12)20-7-8-21-17-6-4-15(18)10-14(17)11-19/h3-6,9-11H,7-8H2,1-2H3. The third kappa shape index (κ3) is 4.33. The molecule has 4 heteroatoms. The van der Waals surface area contributed by atoms with Crippen LogP contribution in [0.25, 0.3) is 0 Å². The molecule has 0 heterocycles. The molecule has 0 aliphatic carbocycles. The molecule has 0 aliphatic heterocycles. The maximum Gasteiger partial charge on any atom is 0.153 e. The summed E-state index contributed by atoms with van der Waals surface area (Å²) in [5, 5.41) is 0. The van der Waals surface area contributed by atoms with Crippen molar-refractivity contribution in [2.24, 2.45) is 0 Å². The van der Waals surface area contributed by atoms with Gasteiger partial charge in [-0.3, -0.25) is 4.79 Å². The van der Waals surface area contributed by atoms with Crippen molar-refractivity contribution >= 4 is 22.2 Å². The topological polar surface area (TPSA) is 35.5 Å². The average Bonchev–Trinajstić information content (AvgIpc) is 2.46. The Morgan fingerprint density at radius 1 is 1.00 bits per heavy atom. The molecule has 0 unspecified atom stereocenters.